The molecule has 0 radical (unpaired) electrons. The molecule has 0 spiro atoms. The van der Waals surface area contributed by atoms with E-state index in [1.807, 2.05) is 20.8 Å². The molecule has 2 amide bonds. The molecule has 1 aliphatic carbocycles. The summed E-state index contributed by atoms with van der Waals surface area (Å²) in [4.78, 5) is 24.5. The van der Waals surface area contributed by atoms with Gasteiger partial charge >= 0.3 is 6.09 Å². The summed E-state index contributed by atoms with van der Waals surface area (Å²) in [5.41, 5.74) is -0.273. The van der Waals surface area contributed by atoms with E-state index in [4.69, 9.17) is 4.74 Å². The SMILES string of the molecule is C=C(CC(O)C(CC1CCCCC1)NC(=O)OC(C)(C)C)C(=O)NCCC(C)C. The van der Waals surface area contributed by atoms with Gasteiger partial charge in [-0.3, -0.25) is 4.79 Å². The Morgan fingerprint density at radius 3 is 2.34 bits per heavy atom. The molecule has 0 aromatic carbocycles. The zero-order chi connectivity index (χ0) is 22.0. The van der Waals surface area contributed by atoms with E-state index >= 15 is 0 Å². The highest BCUT2D eigenvalue weighted by atomic mass is 16.6. The number of amides is 2. The number of aliphatic hydroxyl groups excluding tert-OH is 1. The van der Waals surface area contributed by atoms with Crippen LogP contribution in [-0.2, 0) is 9.53 Å². The molecule has 1 aliphatic rings. The van der Waals surface area contributed by atoms with E-state index in [0.29, 0.717) is 30.4 Å². The highest BCUT2D eigenvalue weighted by molar-refractivity contribution is 5.92. The first-order valence-corrected chi connectivity index (χ1v) is 11.1. The Hall–Kier alpha value is -1.56. The second kappa shape index (κ2) is 12.2. The number of carbonyl (C=O) groups excluding carboxylic acids is 2. The van der Waals surface area contributed by atoms with Crippen LogP contribution in [0.25, 0.3) is 0 Å². The lowest BCUT2D eigenvalue weighted by atomic mass is 9.83. The van der Waals surface area contributed by atoms with Gasteiger partial charge < -0.3 is 20.5 Å². The minimum absolute atomic E-state index is 0.126. The first kappa shape index (κ1) is 25.5. The minimum atomic E-state index is -0.882. The summed E-state index contributed by atoms with van der Waals surface area (Å²) in [5, 5.41) is 16.5. The number of hydrogen-bond donors (Lipinski definition) is 3. The first-order chi connectivity index (χ1) is 13.5. The summed E-state index contributed by atoms with van der Waals surface area (Å²) in [6, 6.07) is -0.465. The fourth-order valence-corrected chi connectivity index (χ4v) is 3.64. The molecule has 6 nitrogen and oxygen atoms in total. The van der Waals surface area contributed by atoms with E-state index in [1.165, 1.54) is 19.3 Å². The molecule has 0 aliphatic heterocycles. The van der Waals surface area contributed by atoms with Gasteiger partial charge in [0, 0.05) is 18.5 Å². The van der Waals surface area contributed by atoms with Crippen LogP contribution in [0.1, 0.15) is 86.0 Å². The van der Waals surface area contributed by atoms with Crippen LogP contribution in [0.5, 0.6) is 0 Å². The van der Waals surface area contributed by atoms with Crippen LogP contribution in [0.15, 0.2) is 12.2 Å². The second-order valence-corrected chi connectivity index (χ2v) is 9.81. The molecule has 0 heterocycles. The van der Waals surface area contributed by atoms with Crippen molar-refractivity contribution in [1.82, 2.24) is 10.6 Å². The number of aliphatic hydroxyl groups is 1. The topological polar surface area (TPSA) is 87.7 Å². The van der Waals surface area contributed by atoms with Crippen LogP contribution < -0.4 is 10.6 Å². The lowest BCUT2D eigenvalue weighted by molar-refractivity contribution is -0.117. The number of carbonyl (C=O) groups is 2. The Morgan fingerprint density at radius 2 is 1.79 bits per heavy atom. The molecule has 1 saturated carbocycles. The van der Waals surface area contributed by atoms with Crippen LogP contribution in [0.3, 0.4) is 0 Å². The van der Waals surface area contributed by atoms with Gasteiger partial charge in [0.05, 0.1) is 12.1 Å². The van der Waals surface area contributed by atoms with Crippen LogP contribution in [0.4, 0.5) is 4.79 Å². The average molecular weight is 411 g/mol. The van der Waals surface area contributed by atoms with Gasteiger partial charge in [0.1, 0.15) is 5.60 Å². The molecular formula is C23H42N2O4. The molecule has 2 unspecified atom stereocenters. The molecule has 2 atom stereocenters. The number of hydrogen-bond acceptors (Lipinski definition) is 4. The smallest absolute Gasteiger partial charge is 0.407 e. The fraction of sp³-hybridized carbons (Fsp3) is 0.826. The van der Waals surface area contributed by atoms with Crippen LogP contribution in [0.2, 0.25) is 0 Å². The largest absolute Gasteiger partial charge is 0.444 e. The van der Waals surface area contributed by atoms with Crippen molar-refractivity contribution < 1.29 is 19.4 Å². The molecule has 29 heavy (non-hydrogen) atoms. The Morgan fingerprint density at radius 1 is 1.17 bits per heavy atom. The van der Waals surface area contributed by atoms with E-state index in [1.54, 1.807) is 0 Å². The normalized spacial score (nSPS) is 17.5. The molecule has 168 valence electrons. The summed E-state index contributed by atoms with van der Waals surface area (Å²) in [6.07, 6.45) is 6.12. The van der Waals surface area contributed by atoms with E-state index in [2.05, 4.69) is 31.1 Å². The van der Waals surface area contributed by atoms with Crippen molar-refractivity contribution >= 4 is 12.0 Å². The van der Waals surface area contributed by atoms with Gasteiger partial charge in [-0.25, -0.2) is 4.79 Å². The Balaban J connectivity index is 2.67. The number of rotatable bonds is 10. The number of nitrogens with one attached hydrogen (secondary N) is 2. The van der Waals surface area contributed by atoms with Crippen LogP contribution in [-0.4, -0.2) is 41.4 Å². The highest BCUT2D eigenvalue weighted by Gasteiger charge is 2.29. The standard InChI is InChI=1S/C23H42N2O4/c1-16(2)12-13-24-21(27)17(3)14-20(26)19(15-18-10-8-7-9-11-18)25-22(28)29-23(4,5)6/h16,18-20,26H,3,7-15H2,1-2,4-6H3,(H,24,27)(H,25,28). The van der Waals surface area contributed by atoms with Gasteiger partial charge in [0.25, 0.3) is 0 Å². The molecule has 0 saturated heterocycles. The maximum atomic E-state index is 12.3. The van der Waals surface area contributed by atoms with Gasteiger partial charge in [0.2, 0.25) is 5.91 Å². The van der Waals surface area contributed by atoms with Crippen molar-refractivity contribution in [3.05, 3.63) is 12.2 Å². The number of alkyl carbamates (subject to hydrolysis) is 1. The van der Waals surface area contributed by atoms with Crippen molar-refractivity contribution in [3.63, 3.8) is 0 Å². The van der Waals surface area contributed by atoms with E-state index in [0.717, 1.165) is 19.3 Å². The Labute approximate surface area is 176 Å². The van der Waals surface area contributed by atoms with Gasteiger partial charge in [0.15, 0.2) is 0 Å². The minimum Gasteiger partial charge on any atom is -0.444 e. The molecule has 6 heteroatoms. The zero-order valence-corrected chi connectivity index (χ0v) is 19.1. The third-order valence-corrected chi connectivity index (χ3v) is 5.26. The third-order valence-electron chi connectivity index (χ3n) is 5.26. The van der Waals surface area contributed by atoms with Gasteiger partial charge in [-0.1, -0.05) is 52.5 Å². The molecule has 0 aromatic rings. The Kier molecular flexibility index (Phi) is 10.7. The molecule has 0 aromatic heterocycles. The summed E-state index contributed by atoms with van der Waals surface area (Å²) >= 11 is 0. The lowest BCUT2D eigenvalue weighted by Gasteiger charge is -2.31. The van der Waals surface area contributed by atoms with Crippen molar-refractivity contribution in [2.45, 2.75) is 104 Å². The predicted octanol–water partition coefficient (Wildman–Crippen LogP) is 4.32. The first-order valence-electron chi connectivity index (χ1n) is 11.1. The van der Waals surface area contributed by atoms with Gasteiger partial charge in [-0.05, 0) is 45.4 Å². The molecule has 1 fully saturated rings. The summed E-state index contributed by atoms with van der Waals surface area (Å²) < 4.78 is 5.37. The van der Waals surface area contributed by atoms with E-state index < -0.39 is 23.8 Å². The zero-order valence-electron chi connectivity index (χ0n) is 19.1. The van der Waals surface area contributed by atoms with Gasteiger partial charge in [-0.15, -0.1) is 0 Å². The quantitative estimate of drug-likeness (QED) is 0.468. The Bertz CT molecular complexity index is 533. The van der Waals surface area contributed by atoms with Crippen LogP contribution >= 0.6 is 0 Å². The van der Waals surface area contributed by atoms with E-state index in [-0.39, 0.29) is 12.3 Å². The highest BCUT2D eigenvalue weighted by Crippen LogP contribution is 2.29. The van der Waals surface area contributed by atoms with Gasteiger partial charge in [-0.2, -0.15) is 0 Å². The monoisotopic (exact) mass is 410 g/mol. The molecule has 0 bridgehead atoms. The fourth-order valence-electron chi connectivity index (χ4n) is 3.64. The second-order valence-electron chi connectivity index (χ2n) is 9.81. The van der Waals surface area contributed by atoms with Crippen molar-refractivity contribution in [2.75, 3.05) is 6.54 Å². The number of ether oxygens (including phenoxy) is 1. The average Bonchev–Trinajstić information content (AvgIpc) is 2.59. The van der Waals surface area contributed by atoms with Crippen molar-refractivity contribution in [2.24, 2.45) is 11.8 Å². The summed E-state index contributed by atoms with van der Waals surface area (Å²) in [6.45, 7) is 14.1. The molecular weight excluding hydrogens is 368 g/mol. The maximum absolute atomic E-state index is 12.3. The summed E-state index contributed by atoms with van der Waals surface area (Å²) in [7, 11) is 0. The van der Waals surface area contributed by atoms with Crippen molar-refractivity contribution in [1.29, 1.82) is 0 Å². The third kappa shape index (κ3) is 11.3. The maximum Gasteiger partial charge on any atom is 0.407 e. The predicted molar refractivity (Wildman–Crippen MR) is 117 cm³/mol. The summed E-state index contributed by atoms with van der Waals surface area (Å²) in [5.74, 6) is 0.733. The molecule has 1 rings (SSSR count). The van der Waals surface area contributed by atoms with E-state index in [9.17, 15) is 14.7 Å². The van der Waals surface area contributed by atoms with Crippen LogP contribution in [0, 0.1) is 11.8 Å². The van der Waals surface area contributed by atoms with Crippen molar-refractivity contribution in [3.8, 4) is 0 Å². The molecule has 3 N–H and O–H groups in total. The lowest BCUT2D eigenvalue weighted by Crippen LogP contribution is -2.47.